The van der Waals surface area contributed by atoms with Crippen molar-refractivity contribution in [2.45, 2.75) is 32.7 Å². The van der Waals surface area contributed by atoms with Gasteiger partial charge in [-0.15, -0.1) is 0 Å². The molecule has 0 aliphatic carbocycles. The Kier molecular flexibility index (Phi) is 5.39. The van der Waals surface area contributed by atoms with Gasteiger partial charge < -0.3 is 5.32 Å². The first-order valence-electron chi connectivity index (χ1n) is 9.47. The van der Waals surface area contributed by atoms with E-state index in [1.165, 1.54) is 18.5 Å². The van der Waals surface area contributed by atoms with Gasteiger partial charge in [-0.3, -0.25) is 10.00 Å². The van der Waals surface area contributed by atoms with Gasteiger partial charge in [-0.25, -0.2) is 15.0 Å². The lowest BCUT2D eigenvalue weighted by molar-refractivity contribution is 0.164. The molecule has 4 rings (SSSR count). The maximum atomic E-state index is 4.49. The maximum Gasteiger partial charge on any atom is 0.135 e. The first kappa shape index (κ1) is 17.6. The first-order valence-corrected chi connectivity index (χ1v) is 9.47. The van der Waals surface area contributed by atoms with Crippen LogP contribution in [0.5, 0.6) is 0 Å². The standard InChI is InChI=1S/C20H25N7/c1-15-4-2-6-19(24-15)25-20-11-18(21-14-22-20)10-16-5-3-9-27(12-16)13-17-7-8-23-26-17/h2,4,6-8,11,14,16H,3,5,9-10,12-13H2,1H3,(H,23,26)(H,21,22,24,25)/t16-/m1/s1. The van der Waals surface area contributed by atoms with Gasteiger partial charge in [0.25, 0.3) is 0 Å². The van der Waals surface area contributed by atoms with Crippen LogP contribution in [0.4, 0.5) is 11.6 Å². The summed E-state index contributed by atoms with van der Waals surface area (Å²) >= 11 is 0. The molecule has 3 aromatic rings. The molecule has 1 aliphatic heterocycles. The van der Waals surface area contributed by atoms with Gasteiger partial charge in [0.1, 0.15) is 18.0 Å². The fourth-order valence-corrected chi connectivity index (χ4v) is 3.69. The van der Waals surface area contributed by atoms with Gasteiger partial charge in [0.15, 0.2) is 0 Å². The molecule has 1 atom stereocenters. The van der Waals surface area contributed by atoms with Crippen LogP contribution in [0.3, 0.4) is 0 Å². The van der Waals surface area contributed by atoms with E-state index in [-0.39, 0.29) is 0 Å². The Morgan fingerprint density at radius 2 is 2.19 bits per heavy atom. The van der Waals surface area contributed by atoms with E-state index >= 15 is 0 Å². The third-order valence-corrected chi connectivity index (χ3v) is 4.92. The zero-order valence-electron chi connectivity index (χ0n) is 15.6. The highest BCUT2D eigenvalue weighted by Crippen LogP contribution is 2.22. The zero-order valence-corrected chi connectivity index (χ0v) is 15.6. The number of piperidine rings is 1. The van der Waals surface area contributed by atoms with Gasteiger partial charge in [-0.05, 0) is 56.8 Å². The molecule has 7 nitrogen and oxygen atoms in total. The van der Waals surface area contributed by atoms with E-state index in [0.29, 0.717) is 5.92 Å². The molecule has 0 unspecified atom stereocenters. The number of likely N-dealkylation sites (tertiary alicyclic amines) is 1. The molecule has 0 bridgehead atoms. The fourth-order valence-electron chi connectivity index (χ4n) is 3.69. The Morgan fingerprint density at radius 3 is 3.04 bits per heavy atom. The van der Waals surface area contributed by atoms with Gasteiger partial charge in [0.2, 0.25) is 0 Å². The van der Waals surface area contributed by atoms with Gasteiger partial charge in [-0.2, -0.15) is 5.10 Å². The number of aromatic amines is 1. The van der Waals surface area contributed by atoms with E-state index in [9.17, 15) is 0 Å². The molecule has 0 radical (unpaired) electrons. The molecule has 7 heteroatoms. The van der Waals surface area contributed by atoms with Crippen molar-refractivity contribution in [1.29, 1.82) is 0 Å². The summed E-state index contributed by atoms with van der Waals surface area (Å²) in [4.78, 5) is 15.8. The van der Waals surface area contributed by atoms with Crippen LogP contribution in [0.25, 0.3) is 0 Å². The van der Waals surface area contributed by atoms with E-state index in [0.717, 1.165) is 49.1 Å². The van der Waals surface area contributed by atoms with Gasteiger partial charge in [0.05, 0.1) is 0 Å². The van der Waals surface area contributed by atoms with Crippen LogP contribution >= 0.6 is 0 Å². The molecule has 1 saturated heterocycles. The molecule has 27 heavy (non-hydrogen) atoms. The van der Waals surface area contributed by atoms with Crippen molar-refractivity contribution in [3.63, 3.8) is 0 Å². The molecular formula is C20H25N7. The van der Waals surface area contributed by atoms with Crippen molar-refractivity contribution >= 4 is 11.6 Å². The Labute approximate surface area is 159 Å². The van der Waals surface area contributed by atoms with Crippen molar-refractivity contribution < 1.29 is 0 Å². The van der Waals surface area contributed by atoms with Crippen LogP contribution in [0, 0.1) is 12.8 Å². The molecule has 3 aromatic heterocycles. The lowest BCUT2D eigenvalue weighted by Gasteiger charge is -2.32. The molecule has 1 aliphatic rings. The van der Waals surface area contributed by atoms with Crippen molar-refractivity contribution in [1.82, 2.24) is 30.0 Å². The van der Waals surface area contributed by atoms with E-state index in [2.05, 4.69) is 35.4 Å². The Morgan fingerprint density at radius 1 is 1.22 bits per heavy atom. The number of H-pyrrole nitrogens is 1. The van der Waals surface area contributed by atoms with Crippen LogP contribution in [0.2, 0.25) is 0 Å². The van der Waals surface area contributed by atoms with Crippen molar-refractivity contribution in [2.75, 3.05) is 18.4 Å². The SMILES string of the molecule is Cc1cccc(Nc2cc(C[C@H]3CCCN(Cc4ccn[nH]4)C3)ncn2)n1. The van der Waals surface area contributed by atoms with Gasteiger partial charge in [0, 0.05) is 42.4 Å². The molecule has 0 spiro atoms. The summed E-state index contributed by atoms with van der Waals surface area (Å²) in [5, 5.41) is 10.4. The number of nitrogens with zero attached hydrogens (tertiary/aromatic N) is 5. The lowest BCUT2D eigenvalue weighted by Crippen LogP contribution is -2.35. The molecule has 0 aromatic carbocycles. The third-order valence-electron chi connectivity index (χ3n) is 4.92. The number of pyridine rings is 1. The van der Waals surface area contributed by atoms with E-state index in [1.807, 2.05) is 43.5 Å². The number of rotatable bonds is 6. The van der Waals surface area contributed by atoms with Gasteiger partial charge in [-0.1, -0.05) is 6.07 Å². The second-order valence-corrected chi connectivity index (χ2v) is 7.21. The topological polar surface area (TPSA) is 82.6 Å². The second-order valence-electron chi connectivity index (χ2n) is 7.21. The number of aryl methyl sites for hydroxylation is 1. The van der Waals surface area contributed by atoms with E-state index in [1.54, 1.807) is 6.33 Å². The summed E-state index contributed by atoms with van der Waals surface area (Å²) in [6, 6.07) is 10.0. The van der Waals surface area contributed by atoms with Crippen LogP contribution in [0.1, 0.15) is 29.9 Å². The van der Waals surface area contributed by atoms with E-state index in [4.69, 9.17) is 0 Å². The van der Waals surface area contributed by atoms with Crippen LogP contribution in [-0.2, 0) is 13.0 Å². The normalized spacial score (nSPS) is 17.7. The smallest absolute Gasteiger partial charge is 0.135 e. The monoisotopic (exact) mass is 363 g/mol. The second kappa shape index (κ2) is 8.26. The summed E-state index contributed by atoms with van der Waals surface area (Å²) in [5.41, 5.74) is 3.23. The summed E-state index contributed by atoms with van der Waals surface area (Å²) in [6.07, 6.45) is 6.89. The van der Waals surface area contributed by atoms with Crippen molar-refractivity contribution in [3.05, 3.63) is 59.9 Å². The summed E-state index contributed by atoms with van der Waals surface area (Å²) in [5.74, 6) is 2.22. The predicted octanol–water partition coefficient (Wildman–Crippen LogP) is 3.10. The zero-order chi connectivity index (χ0) is 18.5. The van der Waals surface area contributed by atoms with Crippen LogP contribution < -0.4 is 5.32 Å². The maximum absolute atomic E-state index is 4.49. The number of anilines is 2. The first-order chi connectivity index (χ1) is 13.2. The third kappa shape index (κ3) is 4.89. The molecule has 140 valence electrons. The predicted molar refractivity (Wildman–Crippen MR) is 105 cm³/mol. The quantitative estimate of drug-likeness (QED) is 0.700. The highest BCUT2D eigenvalue weighted by atomic mass is 15.2. The number of aromatic nitrogens is 5. The fraction of sp³-hybridized carbons (Fsp3) is 0.400. The average molecular weight is 363 g/mol. The molecule has 1 fully saturated rings. The van der Waals surface area contributed by atoms with Crippen molar-refractivity contribution in [3.8, 4) is 0 Å². The Hall–Kier alpha value is -2.80. The molecule has 0 amide bonds. The van der Waals surface area contributed by atoms with Crippen LogP contribution in [0.15, 0.2) is 42.9 Å². The summed E-state index contributed by atoms with van der Waals surface area (Å²) in [6.45, 7) is 5.15. The minimum atomic E-state index is 0.613. The average Bonchev–Trinajstić information content (AvgIpc) is 3.15. The highest BCUT2D eigenvalue weighted by molar-refractivity contribution is 5.51. The largest absolute Gasteiger partial charge is 0.325 e. The summed E-state index contributed by atoms with van der Waals surface area (Å²) in [7, 11) is 0. The molecule has 0 saturated carbocycles. The van der Waals surface area contributed by atoms with E-state index < -0.39 is 0 Å². The lowest BCUT2D eigenvalue weighted by atomic mass is 9.93. The summed E-state index contributed by atoms with van der Waals surface area (Å²) < 4.78 is 0. The highest BCUT2D eigenvalue weighted by Gasteiger charge is 2.21. The van der Waals surface area contributed by atoms with Gasteiger partial charge >= 0.3 is 0 Å². The molecule has 2 N–H and O–H groups in total. The van der Waals surface area contributed by atoms with Crippen molar-refractivity contribution in [2.24, 2.45) is 5.92 Å². The molecular weight excluding hydrogens is 338 g/mol. The minimum Gasteiger partial charge on any atom is -0.325 e. The number of hydrogen-bond acceptors (Lipinski definition) is 6. The minimum absolute atomic E-state index is 0.613. The number of hydrogen-bond donors (Lipinski definition) is 2. The number of nitrogens with one attached hydrogen (secondary N) is 2. The van der Waals surface area contributed by atoms with Crippen LogP contribution in [-0.4, -0.2) is 43.1 Å². The molecule has 4 heterocycles. The Balaban J connectivity index is 1.37. The Bertz CT molecular complexity index is 862.